The van der Waals surface area contributed by atoms with E-state index in [1.807, 2.05) is 32.0 Å². The van der Waals surface area contributed by atoms with Crippen LogP contribution in [-0.4, -0.2) is 45.1 Å². The van der Waals surface area contributed by atoms with Crippen molar-refractivity contribution < 1.29 is 9.90 Å². The van der Waals surface area contributed by atoms with Crippen LogP contribution >= 0.6 is 0 Å². The van der Waals surface area contributed by atoms with E-state index in [1.54, 1.807) is 12.1 Å². The van der Waals surface area contributed by atoms with E-state index in [1.165, 1.54) is 0 Å². The molecule has 1 N–H and O–H groups in total. The highest BCUT2D eigenvalue weighted by Crippen LogP contribution is 2.36. The topological polar surface area (TPSA) is 69.3 Å². The van der Waals surface area contributed by atoms with Gasteiger partial charge >= 0.3 is 0 Å². The van der Waals surface area contributed by atoms with Crippen LogP contribution in [0.2, 0.25) is 0 Å². The van der Waals surface area contributed by atoms with E-state index in [2.05, 4.69) is 15.5 Å². The Balaban J connectivity index is 1.58. The second kappa shape index (κ2) is 6.95. The van der Waals surface area contributed by atoms with Crippen molar-refractivity contribution in [3.8, 4) is 11.8 Å². The van der Waals surface area contributed by atoms with Gasteiger partial charge in [0.2, 0.25) is 0 Å². The van der Waals surface area contributed by atoms with Crippen molar-refractivity contribution in [2.24, 2.45) is 0 Å². The number of carbonyl (C=O) groups excluding carboxylic acids is 1. The molecule has 0 saturated carbocycles. The van der Waals surface area contributed by atoms with E-state index >= 15 is 0 Å². The molecule has 27 heavy (non-hydrogen) atoms. The second-order valence-electron chi connectivity index (χ2n) is 7.88. The molecule has 1 aromatic heterocycles. The van der Waals surface area contributed by atoms with Gasteiger partial charge in [-0.15, -0.1) is 0 Å². The molecular weight excluding hydrogens is 338 g/mol. The Morgan fingerprint density at radius 2 is 1.81 bits per heavy atom. The Morgan fingerprint density at radius 1 is 1.19 bits per heavy atom. The average molecular weight is 363 g/mol. The third-order valence-electron chi connectivity index (χ3n) is 6.17. The number of fused-ring (bicyclic) bond motifs is 2. The zero-order valence-corrected chi connectivity index (χ0v) is 15.9. The summed E-state index contributed by atoms with van der Waals surface area (Å²) >= 11 is 0. The lowest BCUT2D eigenvalue weighted by molar-refractivity contribution is 0.0344. The van der Waals surface area contributed by atoms with Crippen LogP contribution in [0.25, 0.3) is 5.69 Å². The number of nitriles is 1. The van der Waals surface area contributed by atoms with Crippen molar-refractivity contribution in [2.45, 2.75) is 57.7 Å². The molecule has 2 bridgehead atoms. The summed E-state index contributed by atoms with van der Waals surface area (Å²) in [6, 6.07) is 12.2. The number of aromatic nitrogens is 1. The number of hydrogen-bond donors (Lipinski definition) is 1. The predicted octanol–water partition coefficient (Wildman–Crippen LogP) is 3.14. The number of aliphatic hydroxyl groups excluding tert-OH is 1. The second-order valence-corrected chi connectivity index (χ2v) is 7.88. The molecule has 2 fully saturated rings. The first kappa shape index (κ1) is 18.0. The van der Waals surface area contributed by atoms with Gasteiger partial charge in [-0.25, -0.2) is 0 Å². The van der Waals surface area contributed by atoms with E-state index in [0.29, 0.717) is 24.2 Å². The first-order valence-corrected chi connectivity index (χ1v) is 9.64. The lowest BCUT2D eigenvalue weighted by atomic mass is 9.99. The van der Waals surface area contributed by atoms with Gasteiger partial charge in [0, 0.05) is 34.7 Å². The molecule has 2 aliphatic heterocycles. The largest absolute Gasteiger partial charge is 0.393 e. The van der Waals surface area contributed by atoms with Gasteiger partial charge < -0.3 is 9.67 Å². The maximum absolute atomic E-state index is 13.1. The number of benzene rings is 1. The summed E-state index contributed by atoms with van der Waals surface area (Å²) in [6.07, 6.45) is 3.52. The quantitative estimate of drug-likeness (QED) is 0.848. The van der Waals surface area contributed by atoms with Crippen molar-refractivity contribution in [2.75, 3.05) is 6.54 Å². The highest BCUT2D eigenvalue weighted by atomic mass is 16.3. The summed E-state index contributed by atoms with van der Waals surface area (Å²) in [5.41, 5.74) is 4.30. The summed E-state index contributed by atoms with van der Waals surface area (Å²) in [5, 5.41) is 19.0. The van der Waals surface area contributed by atoms with Gasteiger partial charge in [-0.3, -0.25) is 9.69 Å². The normalized spacial score (nSPS) is 24.7. The molecular formula is C22H25N3O2. The number of carbonyl (C=O) groups is 1. The van der Waals surface area contributed by atoms with Crippen molar-refractivity contribution >= 4 is 5.78 Å². The van der Waals surface area contributed by atoms with E-state index in [-0.39, 0.29) is 11.9 Å². The fourth-order valence-corrected chi connectivity index (χ4v) is 4.88. The van der Waals surface area contributed by atoms with E-state index < -0.39 is 0 Å². The number of piperidine rings is 1. The van der Waals surface area contributed by atoms with Gasteiger partial charge in [-0.2, -0.15) is 5.26 Å². The Labute approximate surface area is 159 Å². The molecule has 1 aromatic carbocycles. The van der Waals surface area contributed by atoms with Crippen molar-refractivity contribution in [3.05, 3.63) is 52.8 Å². The number of aryl methyl sites for hydroxylation is 1. The standard InChI is InChI=1S/C22H25N3O2/c1-14-9-21(15(2)25(14)17-5-3-16(12-23)4-6-17)22(27)13-24-18-7-8-19(24)11-20(26)10-18/h3-6,9,18-20,26H,7-8,10-11,13H2,1-2H3/t18-,19-/m1/s1. The summed E-state index contributed by atoms with van der Waals surface area (Å²) in [4.78, 5) is 15.4. The van der Waals surface area contributed by atoms with Gasteiger partial charge in [-0.1, -0.05) is 0 Å². The molecule has 140 valence electrons. The van der Waals surface area contributed by atoms with Crippen LogP contribution in [0.15, 0.2) is 30.3 Å². The fourth-order valence-electron chi connectivity index (χ4n) is 4.88. The number of rotatable bonds is 4. The summed E-state index contributed by atoms with van der Waals surface area (Å²) in [7, 11) is 0. The lowest BCUT2D eigenvalue weighted by Crippen LogP contribution is -2.46. The molecule has 0 unspecified atom stereocenters. The zero-order chi connectivity index (χ0) is 19.1. The van der Waals surface area contributed by atoms with Crippen LogP contribution in [0.1, 0.15) is 53.0 Å². The molecule has 0 aliphatic carbocycles. The monoisotopic (exact) mass is 363 g/mol. The first-order valence-electron chi connectivity index (χ1n) is 9.64. The van der Waals surface area contributed by atoms with Crippen LogP contribution in [0.3, 0.4) is 0 Å². The van der Waals surface area contributed by atoms with Crippen molar-refractivity contribution in [1.82, 2.24) is 9.47 Å². The van der Waals surface area contributed by atoms with E-state index in [9.17, 15) is 9.90 Å². The number of aliphatic hydroxyl groups is 1. The van der Waals surface area contributed by atoms with Gasteiger partial charge in [0.1, 0.15) is 0 Å². The van der Waals surface area contributed by atoms with Crippen LogP contribution in [-0.2, 0) is 0 Å². The minimum absolute atomic E-state index is 0.149. The lowest BCUT2D eigenvalue weighted by Gasteiger charge is -2.36. The third kappa shape index (κ3) is 3.20. The molecule has 2 saturated heterocycles. The molecule has 3 heterocycles. The molecule has 2 aromatic rings. The molecule has 0 spiro atoms. The van der Waals surface area contributed by atoms with Crippen molar-refractivity contribution in [1.29, 1.82) is 5.26 Å². The van der Waals surface area contributed by atoms with Crippen LogP contribution < -0.4 is 0 Å². The highest BCUT2D eigenvalue weighted by molar-refractivity contribution is 5.99. The predicted molar refractivity (Wildman–Crippen MR) is 103 cm³/mol. The Kier molecular flexibility index (Phi) is 4.63. The first-order chi connectivity index (χ1) is 13.0. The van der Waals surface area contributed by atoms with E-state index in [4.69, 9.17) is 5.26 Å². The molecule has 0 radical (unpaired) electrons. The zero-order valence-electron chi connectivity index (χ0n) is 15.9. The Hall–Kier alpha value is -2.42. The number of nitrogens with zero attached hydrogens (tertiary/aromatic N) is 3. The maximum Gasteiger partial charge on any atom is 0.178 e. The third-order valence-corrected chi connectivity index (χ3v) is 6.17. The average Bonchev–Trinajstić information content (AvgIpc) is 3.07. The molecule has 5 nitrogen and oxygen atoms in total. The molecule has 2 aliphatic rings. The molecule has 2 atom stereocenters. The number of Topliss-reactive ketones (excluding diaryl/α,β-unsaturated/α-hetero) is 1. The van der Waals surface area contributed by atoms with Crippen molar-refractivity contribution in [3.63, 3.8) is 0 Å². The van der Waals surface area contributed by atoms with Gasteiger partial charge in [0.15, 0.2) is 5.78 Å². The van der Waals surface area contributed by atoms with Gasteiger partial charge in [0.25, 0.3) is 0 Å². The Bertz CT molecular complexity index is 893. The minimum atomic E-state index is -0.213. The number of ketones is 1. The summed E-state index contributed by atoms with van der Waals surface area (Å²) in [6.45, 7) is 4.41. The smallest absolute Gasteiger partial charge is 0.178 e. The highest BCUT2D eigenvalue weighted by Gasteiger charge is 2.41. The minimum Gasteiger partial charge on any atom is -0.393 e. The van der Waals surface area contributed by atoms with Gasteiger partial charge in [0.05, 0.1) is 24.3 Å². The van der Waals surface area contributed by atoms with Gasteiger partial charge in [-0.05, 0) is 69.9 Å². The molecule has 5 heteroatoms. The number of hydrogen-bond acceptors (Lipinski definition) is 4. The SMILES string of the molecule is Cc1cc(C(=O)CN2[C@@H]3CC[C@@H]2CC(O)C3)c(C)n1-c1ccc(C#N)cc1. The summed E-state index contributed by atoms with van der Waals surface area (Å²) < 4.78 is 2.07. The van der Waals surface area contributed by atoms with Crippen LogP contribution in [0, 0.1) is 25.2 Å². The summed E-state index contributed by atoms with van der Waals surface area (Å²) in [5.74, 6) is 0.149. The van der Waals surface area contributed by atoms with Crippen LogP contribution in [0.4, 0.5) is 0 Å². The Morgan fingerprint density at radius 3 is 2.41 bits per heavy atom. The maximum atomic E-state index is 13.1. The van der Waals surface area contributed by atoms with E-state index in [0.717, 1.165) is 48.3 Å². The fraction of sp³-hybridized carbons (Fsp3) is 0.455. The molecule has 4 rings (SSSR count). The molecule has 0 amide bonds. The van der Waals surface area contributed by atoms with Crippen LogP contribution in [0.5, 0.6) is 0 Å².